The van der Waals surface area contributed by atoms with E-state index >= 15 is 0 Å². The highest BCUT2D eigenvalue weighted by Crippen LogP contribution is 2.25. The van der Waals surface area contributed by atoms with Crippen molar-refractivity contribution in [2.75, 3.05) is 41.0 Å². The van der Waals surface area contributed by atoms with E-state index in [1.807, 2.05) is 44.2 Å². The Hall–Kier alpha value is -3.91. The molecule has 4 amide bonds. The van der Waals surface area contributed by atoms with Gasteiger partial charge in [-0.05, 0) is 49.0 Å². The minimum absolute atomic E-state index is 0.0765. The number of hydrogen-bond acceptors (Lipinski definition) is 10. The molecule has 1 aromatic carbocycles. The summed E-state index contributed by atoms with van der Waals surface area (Å²) in [7, 11) is 3.76. The van der Waals surface area contributed by atoms with E-state index in [0.29, 0.717) is 19.4 Å². The summed E-state index contributed by atoms with van der Waals surface area (Å²) in [5.41, 5.74) is 4.00. The Morgan fingerprint density at radius 2 is 1.42 bits per heavy atom. The van der Waals surface area contributed by atoms with Gasteiger partial charge in [0.15, 0.2) is 0 Å². The highest BCUT2D eigenvalue weighted by Gasteiger charge is 2.38. The minimum Gasteiger partial charge on any atom is -0.453 e. The summed E-state index contributed by atoms with van der Waals surface area (Å²) < 4.78 is 14.5. The molecule has 0 spiro atoms. The Kier molecular flexibility index (Phi) is 17.7. The SMILES string of the molecule is COCC(=O)ON(C(=O)[C@@H](NC(=O)OC)C(C)C)[C@@H](CCc1ccccc1)CN(CC1CCCCC1)NC(=O)[C@@H](NC(=O)OC)C(C)C. The molecule has 1 fully saturated rings. The summed E-state index contributed by atoms with van der Waals surface area (Å²) in [5, 5.41) is 7.95. The third-order valence-electron chi connectivity index (χ3n) is 8.32. The fourth-order valence-electron chi connectivity index (χ4n) is 5.70. The van der Waals surface area contributed by atoms with Gasteiger partial charge in [0.1, 0.15) is 18.7 Å². The second kappa shape index (κ2) is 21.1. The first-order chi connectivity index (χ1) is 22.9. The van der Waals surface area contributed by atoms with Crippen LogP contribution in [-0.4, -0.2) is 99.2 Å². The Labute approximate surface area is 284 Å². The molecule has 14 heteroatoms. The van der Waals surface area contributed by atoms with Gasteiger partial charge >= 0.3 is 18.2 Å². The molecule has 48 heavy (non-hydrogen) atoms. The van der Waals surface area contributed by atoms with Gasteiger partial charge in [-0.3, -0.25) is 15.0 Å². The van der Waals surface area contributed by atoms with Crippen molar-refractivity contribution in [2.24, 2.45) is 17.8 Å². The molecular weight excluding hydrogens is 622 g/mol. The summed E-state index contributed by atoms with van der Waals surface area (Å²) in [6.07, 6.45) is 4.52. The van der Waals surface area contributed by atoms with Crippen molar-refractivity contribution in [3.8, 4) is 0 Å². The van der Waals surface area contributed by atoms with Gasteiger partial charge in [-0.15, -0.1) is 0 Å². The van der Waals surface area contributed by atoms with E-state index < -0.39 is 60.6 Å². The predicted molar refractivity (Wildman–Crippen MR) is 178 cm³/mol. The predicted octanol–water partition coefficient (Wildman–Crippen LogP) is 3.60. The van der Waals surface area contributed by atoms with Gasteiger partial charge in [0.2, 0.25) is 0 Å². The molecule has 3 N–H and O–H groups in total. The second-order valence-corrected chi connectivity index (χ2v) is 12.8. The molecule has 2 rings (SSSR count). The first-order valence-corrected chi connectivity index (χ1v) is 16.7. The number of amides is 4. The van der Waals surface area contributed by atoms with Crippen molar-refractivity contribution in [1.29, 1.82) is 0 Å². The maximum absolute atomic E-state index is 14.2. The Morgan fingerprint density at radius 3 is 1.96 bits per heavy atom. The number of nitrogens with one attached hydrogen (secondary N) is 3. The van der Waals surface area contributed by atoms with E-state index in [1.165, 1.54) is 21.3 Å². The lowest BCUT2D eigenvalue weighted by Crippen LogP contribution is -2.60. The lowest BCUT2D eigenvalue weighted by atomic mass is 9.89. The third kappa shape index (κ3) is 13.7. The molecule has 0 aromatic heterocycles. The number of hydroxylamine groups is 2. The number of nitrogens with zero attached hydrogens (tertiary/aromatic N) is 2. The number of alkyl carbamates (subject to hydrolysis) is 2. The average molecular weight is 678 g/mol. The van der Waals surface area contributed by atoms with Crippen LogP contribution < -0.4 is 16.1 Å². The standard InChI is InChI=1S/C34H55N5O9/c1-23(2)29(35-33(43)46-6)31(41)37-38(20-26-16-12-9-13-17-26)21-27(19-18-25-14-10-8-11-15-25)39(48-28(40)22-45-5)32(42)30(24(3)4)36-34(44)47-7/h8,10-11,14-15,23-24,26-27,29-30H,9,12-13,16-22H2,1-7H3,(H,35,43)(H,36,44)(H,37,41)/t27-,29-,30-/m0/s1. The van der Waals surface area contributed by atoms with Crippen molar-refractivity contribution in [3.63, 3.8) is 0 Å². The monoisotopic (exact) mass is 677 g/mol. The van der Waals surface area contributed by atoms with E-state index in [1.54, 1.807) is 18.9 Å². The number of rotatable bonds is 17. The number of ether oxygens (including phenoxy) is 3. The zero-order valence-electron chi connectivity index (χ0n) is 29.5. The van der Waals surface area contributed by atoms with Crippen molar-refractivity contribution < 1.29 is 43.0 Å². The van der Waals surface area contributed by atoms with Crippen molar-refractivity contribution in [3.05, 3.63) is 35.9 Å². The maximum Gasteiger partial charge on any atom is 0.407 e. The molecule has 0 radical (unpaired) electrons. The lowest BCUT2D eigenvalue weighted by molar-refractivity contribution is -0.214. The van der Waals surface area contributed by atoms with Crippen LogP contribution in [0, 0.1) is 17.8 Å². The van der Waals surface area contributed by atoms with Gasteiger partial charge < -0.3 is 29.7 Å². The molecule has 1 aliphatic carbocycles. The highest BCUT2D eigenvalue weighted by molar-refractivity contribution is 5.87. The molecule has 1 aliphatic rings. The number of carbonyl (C=O) groups excluding carboxylic acids is 5. The first-order valence-electron chi connectivity index (χ1n) is 16.7. The molecule has 0 bridgehead atoms. The fraction of sp³-hybridized carbons (Fsp3) is 0.676. The smallest absolute Gasteiger partial charge is 0.407 e. The van der Waals surface area contributed by atoms with E-state index in [2.05, 4.69) is 16.1 Å². The molecule has 1 aromatic rings. The van der Waals surface area contributed by atoms with Crippen LogP contribution in [-0.2, 0) is 39.9 Å². The first kappa shape index (κ1) is 40.3. The van der Waals surface area contributed by atoms with Crippen LogP contribution in [0.1, 0.15) is 71.8 Å². The molecule has 14 nitrogen and oxygen atoms in total. The third-order valence-corrected chi connectivity index (χ3v) is 8.32. The van der Waals surface area contributed by atoms with Gasteiger partial charge in [0.05, 0.1) is 20.3 Å². The average Bonchev–Trinajstić information content (AvgIpc) is 3.06. The Bertz CT molecular complexity index is 1160. The quantitative estimate of drug-likeness (QED) is 0.208. The molecule has 0 saturated heterocycles. The molecule has 0 unspecified atom stereocenters. The van der Waals surface area contributed by atoms with Crippen molar-refractivity contribution in [1.82, 2.24) is 26.1 Å². The molecule has 1 saturated carbocycles. The van der Waals surface area contributed by atoms with E-state index in [-0.39, 0.29) is 18.4 Å². The second-order valence-electron chi connectivity index (χ2n) is 12.8. The summed E-state index contributed by atoms with van der Waals surface area (Å²) in [5.74, 6) is -2.31. The minimum atomic E-state index is -1.09. The van der Waals surface area contributed by atoms with Gasteiger partial charge in [0.25, 0.3) is 11.8 Å². The molecule has 0 heterocycles. The van der Waals surface area contributed by atoms with E-state index in [4.69, 9.17) is 19.0 Å². The largest absolute Gasteiger partial charge is 0.453 e. The number of benzene rings is 1. The van der Waals surface area contributed by atoms with Crippen LogP contribution in [0.5, 0.6) is 0 Å². The summed E-state index contributed by atoms with van der Waals surface area (Å²) in [4.78, 5) is 70.9. The Morgan fingerprint density at radius 1 is 0.833 bits per heavy atom. The zero-order valence-corrected chi connectivity index (χ0v) is 29.5. The van der Waals surface area contributed by atoms with Gasteiger partial charge in [-0.2, -0.15) is 5.06 Å². The van der Waals surface area contributed by atoms with E-state index in [0.717, 1.165) is 42.7 Å². The van der Waals surface area contributed by atoms with Crippen LogP contribution in [0.3, 0.4) is 0 Å². The summed E-state index contributed by atoms with van der Waals surface area (Å²) >= 11 is 0. The van der Waals surface area contributed by atoms with Crippen LogP contribution in [0.15, 0.2) is 30.3 Å². The number of hydrogen-bond donors (Lipinski definition) is 3. The Balaban J connectivity index is 2.56. The zero-order chi connectivity index (χ0) is 35.6. The molecule has 0 aliphatic heterocycles. The number of hydrazine groups is 1. The van der Waals surface area contributed by atoms with Gasteiger partial charge in [-0.25, -0.2) is 19.4 Å². The summed E-state index contributed by atoms with van der Waals surface area (Å²) in [6.45, 7) is 7.26. The fourth-order valence-corrected chi connectivity index (χ4v) is 5.70. The van der Waals surface area contributed by atoms with Gasteiger partial charge in [0, 0.05) is 20.2 Å². The normalized spacial score (nSPS) is 15.3. The van der Waals surface area contributed by atoms with E-state index in [9.17, 15) is 24.0 Å². The molecular formula is C34H55N5O9. The number of carbonyl (C=O) groups is 5. The van der Waals surface area contributed by atoms with Crippen LogP contribution in [0.25, 0.3) is 0 Å². The lowest BCUT2D eigenvalue weighted by Gasteiger charge is -2.38. The maximum atomic E-state index is 14.2. The van der Waals surface area contributed by atoms with Crippen LogP contribution >= 0.6 is 0 Å². The molecule has 3 atom stereocenters. The van der Waals surface area contributed by atoms with Crippen LogP contribution in [0.4, 0.5) is 9.59 Å². The van der Waals surface area contributed by atoms with Crippen molar-refractivity contribution in [2.45, 2.75) is 90.8 Å². The molecule has 270 valence electrons. The number of aryl methyl sites for hydroxylation is 1. The van der Waals surface area contributed by atoms with Crippen LogP contribution in [0.2, 0.25) is 0 Å². The summed E-state index contributed by atoms with van der Waals surface area (Å²) in [6, 6.07) is 6.88. The number of methoxy groups -OCH3 is 3. The topological polar surface area (TPSA) is 165 Å². The highest BCUT2D eigenvalue weighted by atomic mass is 16.7. The van der Waals surface area contributed by atoms with Crippen molar-refractivity contribution >= 4 is 30.0 Å². The van der Waals surface area contributed by atoms with Gasteiger partial charge in [-0.1, -0.05) is 77.3 Å².